The molecule has 33 heavy (non-hydrogen) atoms. The maximum atomic E-state index is 12.8. The molecule has 1 aliphatic carbocycles. The summed E-state index contributed by atoms with van der Waals surface area (Å²) in [6, 6.07) is 14.2. The van der Waals surface area contributed by atoms with Crippen LogP contribution in [0.3, 0.4) is 0 Å². The van der Waals surface area contributed by atoms with E-state index in [9.17, 15) is 9.59 Å². The van der Waals surface area contributed by atoms with Crippen LogP contribution in [-0.2, 0) is 11.8 Å². The lowest BCUT2D eigenvalue weighted by Crippen LogP contribution is -2.28. The normalized spacial score (nSPS) is 14.1. The summed E-state index contributed by atoms with van der Waals surface area (Å²) < 4.78 is 3.48. The largest absolute Gasteiger partial charge is 0.329 e. The van der Waals surface area contributed by atoms with Crippen LogP contribution in [0.25, 0.3) is 33.5 Å². The van der Waals surface area contributed by atoms with Crippen molar-refractivity contribution in [3.8, 4) is 22.5 Å². The van der Waals surface area contributed by atoms with E-state index in [1.807, 2.05) is 57.2 Å². The van der Waals surface area contributed by atoms with Crippen LogP contribution in [0.4, 0.5) is 5.95 Å². The molecule has 1 saturated carbocycles. The summed E-state index contributed by atoms with van der Waals surface area (Å²) in [6.07, 6.45) is 2.97. The molecule has 5 rings (SSSR count). The van der Waals surface area contributed by atoms with Crippen LogP contribution in [0, 0.1) is 12.8 Å². The molecule has 4 aromatic rings. The van der Waals surface area contributed by atoms with Gasteiger partial charge in [0.25, 0.3) is 0 Å². The number of nitrogens with zero attached hydrogens (tertiary/aromatic N) is 3. The smallest absolute Gasteiger partial charge is 0.323 e. The van der Waals surface area contributed by atoms with E-state index < -0.39 is 0 Å². The van der Waals surface area contributed by atoms with Gasteiger partial charge in [-0.25, -0.2) is 9.78 Å². The Labute approximate surface area is 192 Å². The van der Waals surface area contributed by atoms with E-state index in [0.29, 0.717) is 5.95 Å². The first-order valence-electron chi connectivity index (χ1n) is 11.5. The van der Waals surface area contributed by atoms with Crippen molar-refractivity contribution >= 4 is 22.9 Å². The molecule has 1 amide bonds. The lowest BCUT2D eigenvalue weighted by atomic mass is 9.85. The number of amides is 1. The van der Waals surface area contributed by atoms with Crippen LogP contribution in [0.15, 0.2) is 47.3 Å². The minimum Gasteiger partial charge on any atom is -0.323 e. The Hall–Kier alpha value is -3.61. The van der Waals surface area contributed by atoms with Gasteiger partial charge in [0.05, 0.1) is 22.4 Å². The van der Waals surface area contributed by atoms with E-state index in [-0.39, 0.29) is 23.6 Å². The third-order valence-corrected chi connectivity index (χ3v) is 6.61. The molecule has 170 valence electrons. The second kappa shape index (κ2) is 8.06. The van der Waals surface area contributed by atoms with E-state index in [1.165, 1.54) is 0 Å². The Morgan fingerprint density at radius 2 is 1.91 bits per heavy atom. The minimum atomic E-state index is -0.0332. The zero-order valence-corrected chi connectivity index (χ0v) is 19.5. The molecule has 0 spiro atoms. The van der Waals surface area contributed by atoms with E-state index in [0.717, 1.165) is 58.4 Å². The van der Waals surface area contributed by atoms with Crippen LogP contribution < -0.4 is 11.0 Å². The summed E-state index contributed by atoms with van der Waals surface area (Å²) in [5.74, 6) is 0.541. The predicted molar refractivity (Wildman–Crippen MR) is 131 cm³/mol. The number of aryl methyl sites for hydroxylation is 2. The summed E-state index contributed by atoms with van der Waals surface area (Å²) in [4.78, 5) is 33.5. The second-order valence-corrected chi connectivity index (χ2v) is 9.30. The molecule has 2 N–H and O–H groups in total. The Morgan fingerprint density at radius 1 is 1.12 bits per heavy atom. The fourth-order valence-electron chi connectivity index (χ4n) is 4.55. The molecule has 7 heteroatoms. The Balaban J connectivity index is 1.64. The van der Waals surface area contributed by atoms with Gasteiger partial charge in [0.1, 0.15) is 0 Å². The zero-order valence-electron chi connectivity index (χ0n) is 19.5. The molecule has 0 aliphatic heterocycles. The molecule has 2 aromatic heterocycles. The third-order valence-electron chi connectivity index (χ3n) is 6.61. The topological polar surface area (TPSA) is 84.7 Å². The molecule has 7 nitrogen and oxygen atoms in total. The minimum absolute atomic E-state index is 0.0178. The van der Waals surface area contributed by atoms with E-state index in [2.05, 4.69) is 16.4 Å². The zero-order chi connectivity index (χ0) is 23.3. The summed E-state index contributed by atoms with van der Waals surface area (Å²) in [5.41, 5.74) is 6.33. The number of rotatable bonds is 5. The number of aromatic amines is 1. The number of hydrogen-bond acceptors (Lipinski definition) is 3. The van der Waals surface area contributed by atoms with Gasteiger partial charge in [-0.15, -0.1) is 0 Å². The number of H-pyrrole nitrogens is 1. The van der Waals surface area contributed by atoms with Gasteiger partial charge in [-0.1, -0.05) is 36.2 Å². The summed E-state index contributed by atoms with van der Waals surface area (Å²) in [5, 5.41) is 2.97. The quantitative estimate of drug-likeness (QED) is 0.454. The van der Waals surface area contributed by atoms with Crippen LogP contribution in [-0.4, -0.2) is 25.0 Å². The molecule has 0 saturated heterocycles. The number of carbonyl (C=O) groups excluding carboxylic acids is 1. The Bertz CT molecular complexity index is 1420. The van der Waals surface area contributed by atoms with Gasteiger partial charge < -0.3 is 4.98 Å². The molecule has 2 heterocycles. The highest BCUT2D eigenvalue weighted by atomic mass is 16.2. The van der Waals surface area contributed by atoms with E-state index in [4.69, 9.17) is 4.98 Å². The molecule has 1 fully saturated rings. The second-order valence-electron chi connectivity index (χ2n) is 9.30. The van der Waals surface area contributed by atoms with E-state index >= 15 is 0 Å². The summed E-state index contributed by atoms with van der Waals surface area (Å²) in [6.45, 7) is 6.07. The van der Waals surface area contributed by atoms with Crippen LogP contribution in [0.1, 0.15) is 44.7 Å². The van der Waals surface area contributed by atoms with Gasteiger partial charge in [-0.3, -0.25) is 19.2 Å². The van der Waals surface area contributed by atoms with Crippen molar-refractivity contribution in [2.45, 2.75) is 46.1 Å². The van der Waals surface area contributed by atoms with Gasteiger partial charge >= 0.3 is 5.69 Å². The van der Waals surface area contributed by atoms with Gasteiger partial charge in [-0.05, 0) is 51.8 Å². The number of carbonyl (C=O) groups is 1. The summed E-state index contributed by atoms with van der Waals surface area (Å²) >= 11 is 0. The van der Waals surface area contributed by atoms with Crippen molar-refractivity contribution in [3.05, 3.63) is 58.5 Å². The molecule has 0 radical (unpaired) electrons. The van der Waals surface area contributed by atoms with Crippen molar-refractivity contribution in [2.24, 2.45) is 13.0 Å². The first-order chi connectivity index (χ1) is 15.8. The average molecular weight is 444 g/mol. The van der Waals surface area contributed by atoms with Gasteiger partial charge in [0.15, 0.2) is 0 Å². The maximum Gasteiger partial charge on any atom is 0.329 e. The standard InChI is InChI=1S/C26H29N5O2/c1-15(2)31-20-12-11-19(14-21(20)30(4)26(31)33)23-22(18-10-5-7-16(3)13-18)27-25(28-23)29-24(32)17-8-6-9-17/h5,7,10-15,17H,6,8-9H2,1-4H3,(H2,27,28,29,32). The van der Waals surface area contributed by atoms with Crippen molar-refractivity contribution in [1.29, 1.82) is 0 Å². The molecule has 2 aromatic carbocycles. The monoisotopic (exact) mass is 443 g/mol. The number of imidazole rings is 2. The summed E-state index contributed by atoms with van der Waals surface area (Å²) in [7, 11) is 1.80. The fraction of sp³-hybridized carbons (Fsp3) is 0.346. The van der Waals surface area contributed by atoms with Gasteiger partial charge in [0.2, 0.25) is 11.9 Å². The lowest BCUT2D eigenvalue weighted by Gasteiger charge is -2.23. The van der Waals surface area contributed by atoms with Gasteiger partial charge in [-0.2, -0.15) is 0 Å². The highest BCUT2D eigenvalue weighted by molar-refractivity contribution is 5.93. The van der Waals surface area contributed by atoms with Crippen molar-refractivity contribution in [3.63, 3.8) is 0 Å². The van der Waals surface area contributed by atoms with Crippen LogP contribution in [0.5, 0.6) is 0 Å². The molecule has 0 atom stereocenters. The SMILES string of the molecule is Cc1cccc(-c2nc(NC(=O)C3CCC3)[nH]c2-c2ccc3c(c2)n(C)c(=O)n3C(C)C)c1. The van der Waals surface area contributed by atoms with Crippen LogP contribution >= 0.6 is 0 Å². The highest BCUT2D eigenvalue weighted by Crippen LogP contribution is 2.34. The van der Waals surface area contributed by atoms with Crippen molar-refractivity contribution < 1.29 is 4.79 Å². The average Bonchev–Trinajstić information content (AvgIpc) is 3.25. The number of fused-ring (bicyclic) bond motifs is 1. The number of aromatic nitrogens is 4. The first-order valence-corrected chi connectivity index (χ1v) is 11.5. The molecule has 0 unspecified atom stereocenters. The first kappa shape index (κ1) is 21.2. The predicted octanol–water partition coefficient (Wildman–Crippen LogP) is 5.03. The number of hydrogen-bond donors (Lipinski definition) is 2. The molecular weight excluding hydrogens is 414 g/mol. The molecule has 0 bridgehead atoms. The lowest BCUT2D eigenvalue weighted by molar-refractivity contribution is -0.122. The Kier molecular flexibility index (Phi) is 5.19. The number of anilines is 1. The number of benzene rings is 2. The molecule has 1 aliphatic rings. The fourth-order valence-corrected chi connectivity index (χ4v) is 4.55. The van der Waals surface area contributed by atoms with E-state index in [1.54, 1.807) is 16.2 Å². The highest BCUT2D eigenvalue weighted by Gasteiger charge is 2.26. The van der Waals surface area contributed by atoms with Gasteiger partial charge in [0, 0.05) is 30.1 Å². The van der Waals surface area contributed by atoms with Crippen LogP contribution in [0.2, 0.25) is 0 Å². The number of nitrogens with one attached hydrogen (secondary N) is 2. The van der Waals surface area contributed by atoms with Crippen molar-refractivity contribution in [1.82, 2.24) is 19.1 Å². The maximum absolute atomic E-state index is 12.8. The van der Waals surface area contributed by atoms with Crippen molar-refractivity contribution in [2.75, 3.05) is 5.32 Å². The Morgan fingerprint density at radius 3 is 2.58 bits per heavy atom. The third kappa shape index (κ3) is 3.67. The molecular formula is C26H29N5O2.